The van der Waals surface area contributed by atoms with Crippen LogP contribution >= 0.6 is 0 Å². The summed E-state index contributed by atoms with van der Waals surface area (Å²) in [7, 11) is 1.64. The maximum atomic E-state index is 11.9. The van der Waals surface area contributed by atoms with E-state index in [0.29, 0.717) is 18.9 Å². The van der Waals surface area contributed by atoms with Crippen molar-refractivity contribution < 1.29 is 17.9 Å². The molecule has 2 unspecified atom stereocenters. The lowest BCUT2D eigenvalue weighted by atomic mass is 10.1. The molecule has 0 fully saturated rings. The molecule has 0 radical (unpaired) electrons. The van der Waals surface area contributed by atoms with Crippen LogP contribution in [0.15, 0.2) is 0 Å². The fraction of sp³-hybridized carbons (Fsp3) is 1.00. The highest BCUT2D eigenvalue weighted by atomic mass is 19.4. The average molecular weight is 241 g/mol. The highest BCUT2D eigenvalue weighted by Crippen LogP contribution is 2.22. The number of alkyl halides is 3. The van der Waals surface area contributed by atoms with Gasteiger partial charge in [0.2, 0.25) is 0 Å². The summed E-state index contributed by atoms with van der Waals surface area (Å²) in [6.45, 7) is 5.40. The van der Waals surface area contributed by atoms with Gasteiger partial charge in [-0.1, -0.05) is 6.92 Å². The van der Waals surface area contributed by atoms with Crippen molar-refractivity contribution in [1.82, 2.24) is 5.32 Å². The number of halogens is 3. The van der Waals surface area contributed by atoms with Crippen LogP contribution in [0, 0.1) is 5.92 Å². The molecule has 2 nitrogen and oxygen atoms in total. The van der Waals surface area contributed by atoms with Gasteiger partial charge in [-0.25, -0.2) is 0 Å². The van der Waals surface area contributed by atoms with Crippen LogP contribution in [0.3, 0.4) is 0 Å². The standard InChI is InChI=1S/C11H22F3NO/c1-9(8-16-3)7-15-10(2)5-4-6-11(12,13)14/h9-10,15H,4-8H2,1-3H3. The molecular formula is C11H22F3NO. The van der Waals surface area contributed by atoms with E-state index in [1.165, 1.54) is 0 Å². The minimum absolute atomic E-state index is 0.127. The second-order valence-electron chi connectivity index (χ2n) is 4.38. The molecule has 0 aliphatic heterocycles. The van der Waals surface area contributed by atoms with Gasteiger partial charge in [0.1, 0.15) is 0 Å². The largest absolute Gasteiger partial charge is 0.389 e. The first-order valence-corrected chi connectivity index (χ1v) is 5.64. The maximum absolute atomic E-state index is 11.9. The van der Waals surface area contributed by atoms with Gasteiger partial charge >= 0.3 is 6.18 Å². The minimum Gasteiger partial charge on any atom is -0.384 e. The van der Waals surface area contributed by atoms with Gasteiger partial charge in [-0.05, 0) is 25.7 Å². The number of rotatable bonds is 8. The lowest BCUT2D eigenvalue weighted by Gasteiger charge is -2.17. The first-order chi connectivity index (χ1) is 7.35. The second kappa shape index (κ2) is 7.90. The van der Waals surface area contributed by atoms with Crippen molar-refractivity contribution in [2.75, 3.05) is 20.3 Å². The molecule has 0 aliphatic rings. The third-order valence-corrected chi connectivity index (χ3v) is 2.36. The predicted molar refractivity (Wildman–Crippen MR) is 58.4 cm³/mol. The molecule has 5 heteroatoms. The third-order valence-electron chi connectivity index (χ3n) is 2.36. The normalized spacial score (nSPS) is 16.1. The van der Waals surface area contributed by atoms with E-state index in [1.807, 2.05) is 13.8 Å². The van der Waals surface area contributed by atoms with E-state index in [2.05, 4.69) is 5.32 Å². The number of nitrogens with one attached hydrogen (secondary N) is 1. The number of hydrogen-bond donors (Lipinski definition) is 1. The summed E-state index contributed by atoms with van der Waals surface area (Å²) in [6.07, 6.45) is -3.97. The number of methoxy groups -OCH3 is 1. The van der Waals surface area contributed by atoms with Crippen LogP contribution in [-0.4, -0.2) is 32.5 Å². The van der Waals surface area contributed by atoms with Crippen molar-refractivity contribution in [2.24, 2.45) is 5.92 Å². The van der Waals surface area contributed by atoms with Gasteiger partial charge in [0.25, 0.3) is 0 Å². The fourth-order valence-corrected chi connectivity index (χ4v) is 1.46. The Bertz CT molecular complexity index is 173. The monoisotopic (exact) mass is 241 g/mol. The van der Waals surface area contributed by atoms with Gasteiger partial charge in [0.15, 0.2) is 0 Å². The van der Waals surface area contributed by atoms with Crippen LogP contribution in [0.2, 0.25) is 0 Å². The molecule has 0 aliphatic carbocycles. The van der Waals surface area contributed by atoms with E-state index < -0.39 is 12.6 Å². The van der Waals surface area contributed by atoms with Crippen molar-refractivity contribution in [2.45, 2.75) is 45.3 Å². The average Bonchev–Trinajstić information content (AvgIpc) is 2.13. The summed E-state index contributed by atoms with van der Waals surface area (Å²) >= 11 is 0. The Morgan fingerprint density at radius 3 is 2.38 bits per heavy atom. The Morgan fingerprint density at radius 2 is 1.88 bits per heavy atom. The minimum atomic E-state index is -4.02. The summed E-state index contributed by atoms with van der Waals surface area (Å²) in [5, 5.41) is 3.21. The van der Waals surface area contributed by atoms with Crippen molar-refractivity contribution in [1.29, 1.82) is 0 Å². The van der Waals surface area contributed by atoms with Crippen LogP contribution < -0.4 is 5.32 Å². The van der Waals surface area contributed by atoms with Crippen molar-refractivity contribution in [3.63, 3.8) is 0 Å². The van der Waals surface area contributed by atoms with E-state index in [-0.39, 0.29) is 12.5 Å². The van der Waals surface area contributed by atoms with Crippen LogP contribution in [0.5, 0.6) is 0 Å². The van der Waals surface area contributed by atoms with Crippen LogP contribution in [0.25, 0.3) is 0 Å². The molecule has 0 amide bonds. The summed E-state index contributed by atoms with van der Waals surface area (Å²) in [5.74, 6) is 0.384. The summed E-state index contributed by atoms with van der Waals surface area (Å²) in [6, 6.07) is 0.127. The van der Waals surface area contributed by atoms with Crippen molar-refractivity contribution in [3.8, 4) is 0 Å². The van der Waals surface area contributed by atoms with Gasteiger partial charge in [0, 0.05) is 32.7 Å². The first kappa shape index (κ1) is 15.7. The molecule has 0 aromatic rings. The third kappa shape index (κ3) is 10.2. The molecule has 16 heavy (non-hydrogen) atoms. The zero-order valence-corrected chi connectivity index (χ0v) is 10.2. The van der Waals surface area contributed by atoms with Gasteiger partial charge in [-0.15, -0.1) is 0 Å². The van der Waals surface area contributed by atoms with E-state index in [4.69, 9.17) is 4.74 Å². The molecule has 0 saturated carbocycles. The molecule has 98 valence electrons. The topological polar surface area (TPSA) is 21.3 Å². The molecule has 0 aromatic carbocycles. The number of ether oxygens (including phenoxy) is 1. The quantitative estimate of drug-likeness (QED) is 0.705. The van der Waals surface area contributed by atoms with Crippen LogP contribution in [-0.2, 0) is 4.74 Å². The van der Waals surface area contributed by atoms with Crippen LogP contribution in [0.4, 0.5) is 13.2 Å². The molecule has 1 N–H and O–H groups in total. The maximum Gasteiger partial charge on any atom is 0.389 e. The lowest BCUT2D eigenvalue weighted by Crippen LogP contribution is -2.31. The van der Waals surface area contributed by atoms with E-state index in [0.717, 1.165) is 6.54 Å². The second-order valence-corrected chi connectivity index (χ2v) is 4.38. The summed E-state index contributed by atoms with van der Waals surface area (Å²) in [4.78, 5) is 0. The lowest BCUT2D eigenvalue weighted by molar-refractivity contribution is -0.135. The van der Waals surface area contributed by atoms with Crippen molar-refractivity contribution >= 4 is 0 Å². The highest BCUT2D eigenvalue weighted by molar-refractivity contribution is 4.65. The molecular weight excluding hydrogens is 219 g/mol. The SMILES string of the molecule is COCC(C)CNC(C)CCCC(F)(F)F. The van der Waals surface area contributed by atoms with Crippen LogP contribution in [0.1, 0.15) is 33.1 Å². The van der Waals surface area contributed by atoms with Crippen molar-refractivity contribution in [3.05, 3.63) is 0 Å². The van der Waals surface area contributed by atoms with Gasteiger partial charge in [-0.3, -0.25) is 0 Å². The zero-order valence-electron chi connectivity index (χ0n) is 10.2. The Labute approximate surface area is 95.5 Å². The molecule has 0 bridgehead atoms. The Morgan fingerprint density at radius 1 is 1.25 bits per heavy atom. The number of hydrogen-bond acceptors (Lipinski definition) is 2. The van der Waals surface area contributed by atoms with E-state index >= 15 is 0 Å². The molecule has 0 spiro atoms. The fourth-order valence-electron chi connectivity index (χ4n) is 1.46. The van der Waals surface area contributed by atoms with Gasteiger partial charge < -0.3 is 10.1 Å². The molecule has 0 heterocycles. The Hall–Kier alpha value is -0.290. The zero-order chi connectivity index (χ0) is 12.6. The van der Waals surface area contributed by atoms with Gasteiger partial charge in [-0.2, -0.15) is 13.2 Å². The Balaban J connectivity index is 3.48. The smallest absolute Gasteiger partial charge is 0.384 e. The predicted octanol–water partition coefficient (Wildman–Crippen LogP) is 2.98. The van der Waals surface area contributed by atoms with E-state index in [9.17, 15) is 13.2 Å². The highest BCUT2D eigenvalue weighted by Gasteiger charge is 2.26. The molecule has 0 rings (SSSR count). The van der Waals surface area contributed by atoms with E-state index in [1.54, 1.807) is 7.11 Å². The molecule has 0 aromatic heterocycles. The van der Waals surface area contributed by atoms with Gasteiger partial charge in [0.05, 0.1) is 0 Å². The first-order valence-electron chi connectivity index (χ1n) is 5.64. The summed E-state index contributed by atoms with van der Waals surface area (Å²) in [5.41, 5.74) is 0. The Kier molecular flexibility index (Phi) is 7.76. The summed E-state index contributed by atoms with van der Waals surface area (Å²) < 4.78 is 40.6. The molecule has 0 saturated heterocycles. The molecule has 2 atom stereocenters.